The van der Waals surface area contributed by atoms with E-state index in [0.717, 1.165) is 11.1 Å². The van der Waals surface area contributed by atoms with E-state index in [1.165, 1.54) is 3.57 Å². The van der Waals surface area contributed by atoms with Crippen molar-refractivity contribution in [3.8, 4) is 0 Å². The van der Waals surface area contributed by atoms with Crippen molar-refractivity contribution in [3.05, 3.63) is 62.7 Å². The molecule has 1 amide bonds. The minimum absolute atomic E-state index is 0.0342. The Hall–Kier alpha value is -1.56. The van der Waals surface area contributed by atoms with Crippen LogP contribution in [-0.4, -0.2) is 10.8 Å². The Morgan fingerprint density at radius 1 is 1.21 bits per heavy atom. The molecule has 2 aromatic carbocycles. The Bertz CT molecular complexity index is 654. The van der Waals surface area contributed by atoms with Crippen molar-refractivity contribution in [2.24, 2.45) is 0 Å². The monoisotopic (exact) mass is 364 g/mol. The third-order valence-corrected chi connectivity index (χ3v) is 3.98. The summed E-state index contributed by atoms with van der Waals surface area (Å²) in [5, 5.41) is 0. The predicted molar refractivity (Wildman–Crippen MR) is 83.6 cm³/mol. The highest BCUT2D eigenvalue weighted by atomic mass is 127. The lowest BCUT2D eigenvalue weighted by molar-refractivity contribution is 0.0767. The molecule has 0 radical (unpaired) electrons. The van der Waals surface area contributed by atoms with Crippen molar-refractivity contribution < 1.29 is 4.79 Å². The molecule has 1 heterocycles. The first kappa shape index (κ1) is 12.5. The summed E-state index contributed by atoms with van der Waals surface area (Å²) in [6, 6.07) is 13.9. The number of carbonyl (C=O) groups excluding carboxylic acids is 1. The average Bonchev–Trinajstić information content (AvgIpc) is 2.68. The third-order valence-electron chi connectivity index (χ3n) is 3.31. The number of nitrogens with zero attached hydrogens (tertiary/aromatic N) is 1. The lowest BCUT2D eigenvalue weighted by atomic mass is 10.1. The summed E-state index contributed by atoms with van der Waals surface area (Å²) in [5.74, 6) is 0.0342. The molecule has 3 nitrogen and oxygen atoms in total. The van der Waals surface area contributed by atoms with Crippen LogP contribution in [0, 0.1) is 3.57 Å². The summed E-state index contributed by atoms with van der Waals surface area (Å²) >= 11 is 2.28. The number of rotatable bonds is 2. The van der Waals surface area contributed by atoms with Crippen LogP contribution >= 0.6 is 22.6 Å². The Balaban J connectivity index is 1.87. The number of hydrogen-bond donors (Lipinski definition) is 1. The highest BCUT2D eigenvalue weighted by Crippen LogP contribution is 2.28. The lowest BCUT2D eigenvalue weighted by Gasteiger charge is -2.15. The van der Waals surface area contributed by atoms with Crippen molar-refractivity contribution in [2.45, 2.75) is 13.1 Å². The van der Waals surface area contributed by atoms with Gasteiger partial charge in [-0.1, -0.05) is 24.3 Å². The first-order chi connectivity index (χ1) is 9.15. The summed E-state index contributed by atoms with van der Waals surface area (Å²) in [5.41, 5.74) is 9.31. The maximum absolute atomic E-state index is 12.4. The summed E-state index contributed by atoms with van der Waals surface area (Å²) < 4.78 is 1.18. The fourth-order valence-electron chi connectivity index (χ4n) is 2.43. The van der Waals surface area contributed by atoms with E-state index in [-0.39, 0.29) is 5.91 Å². The van der Waals surface area contributed by atoms with Gasteiger partial charge < -0.3 is 10.6 Å². The largest absolute Gasteiger partial charge is 0.398 e. The van der Waals surface area contributed by atoms with Crippen molar-refractivity contribution in [3.63, 3.8) is 0 Å². The van der Waals surface area contributed by atoms with Crippen LogP contribution in [0.5, 0.6) is 0 Å². The van der Waals surface area contributed by atoms with Crippen molar-refractivity contribution in [1.29, 1.82) is 0 Å². The smallest absolute Gasteiger partial charge is 0.256 e. The zero-order valence-electron chi connectivity index (χ0n) is 10.3. The number of anilines is 1. The van der Waals surface area contributed by atoms with Crippen molar-refractivity contribution in [2.75, 3.05) is 5.73 Å². The molecule has 0 spiro atoms. The zero-order valence-corrected chi connectivity index (χ0v) is 12.4. The Labute approximate surface area is 125 Å². The topological polar surface area (TPSA) is 46.3 Å². The molecule has 2 aromatic rings. The molecule has 0 fully saturated rings. The Morgan fingerprint density at radius 3 is 2.74 bits per heavy atom. The minimum atomic E-state index is 0.0342. The average molecular weight is 364 g/mol. The molecule has 3 rings (SSSR count). The van der Waals surface area contributed by atoms with Crippen LogP contribution in [0.3, 0.4) is 0 Å². The summed E-state index contributed by atoms with van der Waals surface area (Å²) in [4.78, 5) is 14.2. The minimum Gasteiger partial charge on any atom is -0.398 e. The van der Waals surface area contributed by atoms with Gasteiger partial charge in [-0.2, -0.15) is 0 Å². The predicted octanol–water partition coefficient (Wildman–Crippen LogP) is 3.03. The van der Waals surface area contributed by atoms with Gasteiger partial charge in [-0.05, 0) is 51.9 Å². The van der Waals surface area contributed by atoms with Gasteiger partial charge >= 0.3 is 0 Å². The van der Waals surface area contributed by atoms with Gasteiger partial charge in [0.1, 0.15) is 0 Å². The number of halogens is 1. The number of carbonyl (C=O) groups is 1. The second-order valence-electron chi connectivity index (χ2n) is 4.67. The molecular formula is C15H13IN2O. The second kappa shape index (κ2) is 4.85. The van der Waals surface area contributed by atoms with Crippen LogP contribution in [0.4, 0.5) is 5.69 Å². The molecule has 0 aliphatic carbocycles. The van der Waals surface area contributed by atoms with E-state index in [1.54, 1.807) is 6.07 Å². The fourth-order valence-corrected chi connectivity index (χ4v) is 3.04. The van der Waals surface area contributed by atoms with E-state index in [4.69, 9.17) is 5.73 Å². The number of nitrogen functional groups attached to an aromatic ring is 1. The highest BCUT2D eigenvalue weighted by Gasteiger charge is 2.28. The molecule has 19 heavy (non-hydrogen) atoms. The number of fused-ring (bicyclic) bond motifs is 1. The number of benzene rings is 2. The molecule has 1 aliphatic heterocycles. The van der Waals surface area contributed by atoms with E-state index in [2.05, 4.69) is 28.7 Å². The van der Waals surface area contributed by atoms with Gasteiger partial charge in [0.2, 0.25) is 0 Å². The van der Waals surface area contributed by atoms with Gasteiger partial charge in [0.25, 0.3) is 5.91 Å². The standard InChI is InChI=1S/C15H13IN2O/c16-12-5-1-3-10(7-12)8-18-9-11-4-2-6-13(17)14(11)15(18)19/h1-7H,8-9,17H2. The highest BCUT2D eigenvalue weighted by molar-refractivity contribution is 14.1. The molecular weight excluding hydrogens is 351 g/mol. The Morgan fingerprint density at radius 2 is 2.00 bits per heavy atom. The summed E-state index contributed by atoms with van der Waals surface area (Å²) in [6.45, 7) is 1.27. The van der Waals surface area contributed by atoms with E-state index >= 15 is 0 Å². The van der Waals surface area contributed by atoms with Crippen LogP contribution in [0.1, 0.15) is 21.5 Å². The van der Waals surface area contributed by atoms with Crippen LogP contribution in [0.25, 0.3) is 0 Å². The van der Waals surface area contributed by atoms with E-state index in [0.29, 0.717) is 24.3 Å². The first-order valence-electron chi connectivity index (χ1n) is 6.06. The Kier molecular flexibility index (Phi) is 3.18. The second-order valence-corrected chi connectivity index (χ2v) is 5.92. The first-order valence-corrected chi connectivity index (χ1v) is 7.14. The van der Waals surface area contributed by atoms with Gasteiger partial charge in [0.05, 0.1) is 5.56 Å². The number of nitrogens with two attached hydrogens (primary N) is 1. The fraction of sp³-hybridized carbons (Fsp3) is 0.133. The molecule has 1 aliphatic rings. The molecule has 4 heteroatoms. The molecule has 0 bridgehead atoms. The molecule has 96 valence electrons. The van der Waals surface area contributed by atoms with Gasteiger partial charge in [-0.25, -0.2) is 0 Å². The summed E-state index contributed by atoms with van der Waals surface area (Å²) in [7, 11) is 0. The van der Waals surface area contributed by atoms with Gasteiger partial charge in [0.15, 0.2) is 0 Å². The number of amides is 1. The zero-order chi connectivity index (χ0) is 13.4. The van der Waals surface area contributed by atoms with Crippen LogP contribution < -0.4 is 5.73 Å². The molecule has 0 unspecified atom stereocenters. The van der Waals surface area contributed by atoms with Crippen LogP contribution in [0.2, 0.25) is 0 Å². The normalized spacial score (nSPS) is 13.7. The maximum Gasteiger partial charge on any atom is 0.256 e. The molecule has 2 N–H and O–H groups in total. The molecule has 0 saturated carbocycles. The SMILES string of the molecule is Nc1cccc2c1C(=O)N(Cc1cccc(I)c1)C2. The van der Waals surface area contributed by atoms with Crippen molar-refractivity contribution in [1.82, 2.24) is 4.90 Å². The van der Waals surface area contributed by atoms with Gasteiger partial charge in [-0.15, -0.1) is 0 Å². The molecule has 0 aromatic heterocycles. The maximum atomic E-state index is 12.4. The third kappa shape index (κ3) is 2.32. The summed E-state index contributed by atoms with van der Waals surface area (Å²) in [6.07, 6.45) is 0. The number of hydrogen-bond acceptors (Lipinski definition) is 2. The van der Waals surface area contributed by atoms with E-state index in [9.17, 15) is 4.79 Å². The van der Waals surface area contributed by atoms with Crippen molar-refractivity contribution >= 4 is 34.2 Å². The van der Waals surface area contributed by atoms with Crippen LogP contribution in [0.15, 0.2) is 42.5 Å². The van der Waals surface area contributed by atoms with E-state index < -0.39 is 0 Å². The molecule has 0 atom stereocenters. The lowest BCUT2D eigenvalue weighted by Crippen LogP contribution is -2.23. The van der Waals surface area contributed by atoms with Gasteiger partial charge in [0, 0.05) is 22.3 Å². The molecule has 0 saturated heterocycles. The quantitative estimate of drug-likeness (QED) is 0.658. The van der Waals surface area contributed by atoms with Gasteiger partial charge in [-0.3, -0.25) is 4.79 Å². The van der Waals surface area contributed by atoms with E-state index in [1.807, 2.05) is 35.2 Å². The van der Waals surface area contributed by atoms with Crippen LogP contribution in [-0.2, 0) is 13.1 Å².